The zero-order chi connectivity index (χ0) is 19.2. The van der Waals surface area contributed by atoms with Crippen LogP contribution in [0.3, 0.4) is 0 Å². The van der Waals surface area contributed by atoms with Crippen LogP contribution in [0, 0.1) is 0 Å². The van der Waals surface area contributed by atoms with Crippen LogP contribution in [0.2, 0.25) is 0 Å². The standard InChI is InChI=1S/C22H21NO4/c1-3-12-27-22(25)15-8-10-18(11-9-15)23-21(24)19-13-16-6-4-5-7-17(16)14-20(19)26-2/h4-11,13-14H,3,12H2,1-2H3,(H,23,24). The average molecular weight is 363 g/mol. The molecule has 0 aliphatic rings. The smallest absolute Gasteiger partial charge is 0.338 e. The molecule has 1 N–H and O–H groups in total. The Bertz CT molecular complexity index is 964. The summed E-state index contributed by atoms with van der Waals surface area (Å²) >= 11 is 0. The van der Waals surface area contributed by atoms with Gasteiger partial charge in [-0.05, 0) is 53.6 Å². The van der Waals surface area contributed by atoms with E-state index in [0.29, 0.717) is 29.2 Å². The molecule has 3 rings (SSSR count). The van der Waals surface area contributed by atoms with E-state index in [1.54, 1.807) is 30.3 Å². The van der Waals surface area contributed by atoms with Gasteiger partial charge >= 0.3 is 5.97 Å². The molecule has 0 bridgehead atoms. The van der Waals surface area contributed by atoms with Gasteiger partial charge in [0.15, 0.2) is 0 Å². The van der Waals surface area contributed by atoms with Gasteiger partial charge in [-0.1, -0.05) is 31.2 Å². The van der Waals surface area contributed by atoms with Crippen LogP contribution in [0.4, 0.5) is 5.69 Å². The summed E-state index contributed by atoms with van der Waals surface area (Å²) in [6.45, 7) is 2.33. The van der Waals surface area contributed by atoms with Crippen LogP contribution in [0.1, 0.15) is 34.1 Å². The van der Waals surface area contributed by atoms with Crippen molar-refractivity contribution in [2.24, 2.45) is 0 Å². The van der Waals surface area contributed by atoms with Crippen LogP contribution in [-0.4, -0.2) is 25.6 Å². The van der Waals surface area contributed by atoms with Crippen LogP contribution in [-0.2, 0) is 4.74 Å². The van der Waals surface area contributed by atoms with Crippen molar-refractivity contribution >= 4 is 28.3 Å². The minimum atomic E-state index is -0.370. The maximum atomic E-state index is 12.7. The number of fused-ring (bicyclic) bond motifs is 1. The molecule has 0 heterocycles. The van der Waals surface area contributed by atoms with Gasteiger partial charge in [0.2, 0.25) is 0 Å². The van der Waals surface area contributed by atoms with Crippen molar-refractivity contribution in [1.29, 1.82) is 0 Å². The summed E-state index contributed by atoms with van der Waals surface area (Å²) in [7, 11) is 1.54. The van der Waals surface area contributed by atoms with Crippen LogP contribution in [0.25, 0.3) is 10.8 Å². The first-order chi connectivity index (χ1) is 13.1. The zero-order valence-electron chi connectivity index (χ0n) is 15.3. The number of nitrogens with one attached hydrogen (secondary N) is 1. The number of ether oxygens (including phenoxy) is 2. The number of hydrogen-bond acceptors (Lipinski definition) is 4. The van der Waals surface area contributed by atoms with Gasteiger partial charge in [-0.3, -0.25) is 4.79 Å². The number of esters is 1. The van der Waals surface area contributed by atoms with Crippen molar-refractivity contribution in [3.05, 3.63) is 71.8 Å². The Morgan fingerprint density at radius 1 is 0.963 bits per heavy atom. The summed E-state index contributed by atoms with van der Waals surface area (Å²) in [5, 5.41) is 4.79. The molecule has 5 heteroatoms. The van der Waals surface area contributed by atoms with Crippen molar-refractivity contribution in [2.75, 3.05) is 19.0 Å². The molecule has 0 unspecified atom stereocenters. The van der Waals surface area contributed by atoms with Crippen molar-refractivity contribution in [1.82, 2.24) is 0 Å². The Balaban J connectivity index is 1.79. The Morgan fingerprint density at radius 2 is 1.63 bits per heavy atom. The maximum Gasteiger partial charge on any atom is 0.338 e. The number of amides is 1. The highest BCUT2D eigenvalue weighted by Gasteiger charge is 2.14. The lowest BCUT2D eigenvalue weighted by atomic mass is 10.1. The fourth-order valence-electron chi connectivity index (χ4n) is 2.73. The van der Waals surface area contributed by atoms with E-state index in [1.807, 2.05) is 37.3 Å². The predicted molar refractivity (Wildman–Crippen MR) is 105 cm³/mol. The molecule has 5 nitrogen and oxygen atoms in total. The minimum absolute atomic E-state index is 0.279. The van der Waals surface area contributed by atoms with Gasteiger partial charge in [0.05, 0.1) is 24.8 Å². The number of hydrogen-bond donors (Lipinski definition) is 1. The third-order valence-corrected chi connectivity index (χ3v) is 4.13. The molecule has 0 saturated heterocycles. The number of carbonyl (C=O) groups excluding carboxylic acids is 2. The van der Waals surface area contributed by atoms with Crippen molar-refractivity contribution in [2.45, 2.75) is 13.3 Å². The summed E-state index contributed by atoms with van der Waals surface area (Å²) in [5.41, 5.74) is 1.48. The molecule has 138 valence electrons. The summed E-state index contributed by atoms with van der Waals surface area (Å²) < 4.78 is 10.5. The highest BCUT2D eigenvalue weighted by molar-refractivity contribution is 6.08. The molecule has 0 atom stereocenters. The second-order valence-electron chi connectivity index (χ2n) is 6.07. The SMILES string of the molecule is CCCOC(=O)c1ccc(NC(=O)c2cc3ccccc3cc2OC)cc1. The number of methoxy groups -OCH3 is 1. The van der Waals surface area contributed by atoms with Gasteiger partial charge in [-0.2, -0.15) is 0 Å². The maximum absolute atomic E-state index is 12.7. The molecule has 0 saturated carbocycles. The lowest BCUT2D eigenvalue weighted by Gasteiger charge is -2.11. The van der Waals surface area contributed by atoms with Gasteiger partial charge in [0, 0.05) is 5.69 Å². The molecular weight excluding hydrogens is 342 g/mol. The molecule has 1 amide bonds. The van der Waals surface area contributed by atoms with Gasteiger partial charge in [0.25, 0.3) is 5.91 Å². The highest BCUT2D eigenvalue weighted by atomic mass is 16.5. The summed E-state index contributed by atoms with van der Waals surface area (Å²) in [6.07, 6.45) is 0.771. The minimum Gasteiger partial charge on any atom is -0.496 e. The third kappa shape index (κ3) is 4.26. The first-order valence-electron chi connectivity index (χ1n) is 8.77. The monoisotopic (exact) mass is 363 g/mol. The number of carbonyl (C=O) groups is 2. The summed E-state index contributed by atoms with van der Waals surface area (Å²) in [5.74, 6) is -0.143. The quantitative estimate of drug-likeness (QED) is 0.647. The van der Waals surface area contributed by atoms with Crippen LogP contribution in [0.5, 0.6) is 5.75 Å². The van der Waals surface area contributed by atoms with E-state index in [4.69, 9.17) is 9.47 Å². The van der Waals surface area contributed by atoms with Crippen molar-refractivity contribution in [3.8, 4) is 5.75 Å². The molecule has 0 fully saturated rings. The third-order valence-electron chi connectivity index (χ3n) is 4.13. The molecule has 0 aliphatic heterocycles. The number of anilines is 1. The average Bonchev–Trinajstić information content (AvgIpc) is 2.71. The van der Waals surface area contributed by atoms with E-state index >= 15 is 0 Å². The molecule has 3 aromatic rings. The zero-order valence-corrected chi connectivity index (χ0v) is 15.3. The molecule has 27 heavy (non-hydrogen) atoms. The van der Waals surface area contributed by atoms with E-state index in [-0.39, 0.29) is 11.9 Å². The second kappa shape index (κ2) is 8.36. The Morgan fingerprint density at radius 3 is 2.26 bits per heavy atom. The first-order valence-corrected chi connectivity index (χ1v) is 8.77. The first kappa shape index (κ1) is 18.5. The molecule has 0 aromatic heterocycles. The van der Waals surface area contributed by atoms with E-state index < -0.39 is 0 Å². The summed E-state index contributed by atoms with van der Waals surface area (Å²) in [4.78, 5) is 24.6. The lowest BCUT2D eigenvalue weighted by Crippen LogP contribution is -2.13. The van der Waals surface area contributed by atoms with E-state index in [2.05, 4.69) is 5.32 Å². The largest absolute Gasteiger partial charge is 0.496 e. The van der Waals surface area contributed by atoms with Gasteiger partial charge in [-0.25, -0.2) is 4.79 Å². The molecule has 0 radical (unpaired) electrons. The predicted octanol–water partition coefficient (Wildman–Crippen LogP) is 4.67. The highest BCUT2D eigenvalue weighted by Crippen LogP contribution is 2.26. The van der Waals surface area contributed by atoms with E-state index in [0.717, 1.165) is 17.2 Å². The van der Waals surface area contributed by atoms with Gasteiger partial charge in [0.1, 0.15) is 5.75 Å². The Hall–Kier alpha value is -3.34. The molecule has 3 aromatic carbocycles. The number of rotatable bonds is 6. The fourth-order valence-corrected chi connectivity index (χ4v) is 2.73. The van der Waals surface area contributed by atoms with E-state index in [1.165, 1.54) is 7.11 Å². The Kier molecular flexibility index (Phi) is 5.71. The van der Waals surface area contributed by atoms with Gasteiger partial charge in [-0.15, -0.1) is 0 Å². The normalized spacial score (nSPS) is 10.4. The van der Waals surface area contributed by atoms with Crippen molar-refractivity contribution in [3.63, 3.8) is 0 Å². The van der Waals surface area contributed by atoms with Crippen LogP contribution >= 0.6 is 0 Å². The molecule has 0 aliphatic carbocycles. The van der Waals surface area contributed by atoms with E-state index in [9.17, 15) is 9.59 Å². The molecule has 0 spiro atoms. The Labute approximate surface area is 157 Å². The second-order valence-corrected chi connectivity index (χ2v) is 6.07. The fraction of sp³-hybridized carbons (Fsp3) is 0.182. The molecular formula is C22H21NO4. The van der Waals surface area contributed by atoms with Crippen molar-refractivity contribution < 1.29 is 19.1 Å². The lowest BCUT2D eigenvalue weighted by molar-refractivity contribution is 0.0505. The van der Waals surface area contributed by atoms with Crippen LogP contribution < -0.4 is 10.1 Å². The summed E-state index contributed by atoms with van der Waals surface area (Å²) in [6, 6.07) is 18.0. The topological polar surface area (TPSA) is 64.6 Å². The van der Waals surface area contributed by atoms with Crippen LogP contribution in [0.15, 0.2) is 60.7 Å². The number of benzene rings is 3. The van der Waals surface area contributed by atoms with Gasteiger partial charge < -0.3 is 14.8 Å².